The average molecular weight is 1500 g/mol. The van der Waals surface area contributed by atoms with Gasteiger partial charge >= 0.3 is 0 Å². The number of primary amides is 1. The van der Waals surface area contributed by atoms with Crippen molar-refractivity contribution in [2.75, 3.05) is 67.7 Å². The standard InChI is InChI=1S/C80H107N9O15S2/c1-49(2)38-64-76(96)88(8)69(44-55-24-32-61(104-13)33-25-55)75(95)85-65(42-53-20-28-59(102-11)29-21-53)77(97)87(7)68(39-50(3)4)70(90)45-62(51(5)100-9)73(93)83-66(43-54-22-30-60(103-12)31-23-54)78(98)89-36-15-35-80(89,6)79(99)86-67(72(81)92)48-106-47-57-17-14-16-56(40-57)46-105-37-34-71(91)82-63(74(94)84-64)41-52-18-26-58(101-10)27-19-52/h14,16-33,40,49-51,62-69H,15,34-39,41-48H2,1-13H3,(H2,81,92)(H,82,91)(H,83,93)(H,84,94)(H,85,95)(H,86,99)/t51-,62+,63+,64-,65+,66+,67+,68+,69+,80+/m1/s1. The van der Waals surface area contributed by atoms with E-state index in [-0.39, 0.29) is 75.5 Å². The molecule has 5 aromatic rings. The Bertz CT molecular complexity index is 3790. The number of hydrogen-bond acceptors (Lipinski definition) is 17. The third-order valence-electron chi connectivity index (χ3n) is 19.6. The SMILES string of the molecule is COc1ccc(C[C@@H]2NC(=O)CCSCc3cccc(c3)CSC[C@@H](C(N)=O)NC(=O)[C@]3(C)CCCN3C(=O)[C@H](Cc3ccc(OC)cc3)NC(=O)[C@H]([C@@H](C)OC)CC(=O)[C@H](CC(C)C)N(C)C(=O)[C@H](Cc3ccc(OC)cc3)NC(=O)[C@H](Cc3ccc(OC)cc3)N(C)C(=O)[C@@H](CC(C)C)NC2=O)cc1. The maximum absolute atomic E-state index is 15.7. The second kappa shape index (κ2) is 40.5. The number of carbonyl (C=O) groups is 10. The van der Waals surface area contributed by atoms with Gasteiger partial charge in [-0.2, -0.15) is 23.5 Å². The molecule has 0 saturated carbocycles. The van der Waals surface area contributed by atoms with Crippen molar-refractivity contribution < 1.29 is 71.6 Å². The van der Waals surface area contributed by atoms with Gasteiger partial charge in [0, 0.05) is 89.3 Å². The summed E-state index contributed by atoms with van der Waals surface area (Å²) < 4.78 is 27.6. The maximum Gasteiger partial charge on any atom is 0.246 e. The highest BCUT2D eigenvalue weighted by molar-refractivity contribution is 7.98. The van der Waals surface area contributed by atoms with E-state index >= 15 is 28.8 Å². The summed E-state index contributed by atoms with van der Waals surface area (Å²) in [7, 11) is 10.4. The molecule has 2 aliphatic rings. The second-order valence-corrected chi connectivity index (χ2v) is 30.5. The Morgan fingerprint density at radius 1 is 0.538 bits per heavy atom. The van der Waals surface area contributed by atoms with E-state index in [1.54, 1.807) is 111 Å². The van der Waals surface area contributed by atoms with E-state index in [2.05, 4.69) is 26.6 Å². The average Bonchev–Trinajstić information content (AvgIpc) is 1.58. The van der Waals surface area contributed by atoms with Gasteiger partial charge in [0.15, 0.2) is 5.78 Å². The van der Waals surface area contributed by atoms with Crippen molar-refractivity contribution in [3.63, 3.8) is 0 Å². The number of nitrogens with two attached hydrogens (primary N) is 1. The first-order chi connectivity index (χ1) is 50.6. The first-order valence-corrected chi connectivity index (χ1v) is 38.4. The van der Waals surface area contributed by atoms with Crippen molar-refractivity contribution in [1.29, 1.82) is 0 Å². The molecule has 24 nitrogen and oxygen atoms in total. The maximum atomic E-state index is 15.7. The van der Waals surface area contributed by atoms with Gasteiger partial charge < -0.3 is 70.7 Å². The fraction of sp³-hybridized carbons (Fsp3) is 0.500. The van der Waals surface area contributed by atoms with E-state index in [0.29, 0.717) is 68.9 Å². The molecule has 1 saturated heterocycles. The monoisotopic (exact) mass is 1500 g/mol. The number of rotatable bonds is 19. The highest BCUT2D eigenvalue weighted by atomic mass is 32.2. The Hall–Kier alpha value is -9.14. The number of ether oxygens (including phenoxy) is 5. The Kier molecular flexibility index (Phi) is 32.2. The predicted molar refractivity (Wildman–Crippen MR) is 410 cm³/mol. The summed E-state index contributed by atoms with van der Waals surface area (Å²) in [6.07, 6.45) is -0.704. The van der Waals surface area contributed by atoms with E-state index in [4.69, 9.17) is 29.4 Å². The van der Waals surface area contributed by atoms with Gasteiger partial charge in [0.25, 0.3) is 0 Å². The number of nitrogens with zero attached hydrogens (tertiary/aromatic N) is 3. The van der Waals surface area contributed by atoms with Crippen LogP contribution < -0.4 is 51.3 Å². The van der Waals surface area contributed by atoms with Gasteiger partial charge in [-0.25, -0.2) is 0 Å². The molecular weight excluding hydrogens is 1390 g/mol. The molecule has 7 rings (SSSR count). The Morgan fingerprint density at radius 3 is 1.48 bits per heavy atom. The minimum absolute atomic E-state index is 0.0401. The highest BCUT2D eigenvalue weighted by Gasteiger charge is 2.49. The molecule has 0 unspecified atom stereocenters. The van der Waals surface area contributed by atoms with Crippen molar-refractivity contribution in [3.05, 3.63) is 155 Å². The molecule has 7 N–H and O–H groups in total. The summed E-state index contributed by atoms with van der Waals surface area (Å²) in [6.45, 7) is 10.9. The van der Waals surface area contributed by atoms with Crippen LogP contribution in [0, 0.1) is 17.8 Å². The topological polar surface area (TPSA) is 313 Å². The molecule has 106 heavy (non-hydrogen) atoms. The lowest BCUT2D eigenvalue weighted by Gasteiger charge is -2.37. The molecule has 26 heteroatoms. The van der Waals surface area contributed by atoms with Crippen LogP contribution in [0.5, 0.6) is 23.0 Å². The molecule has 2 bridgehead atoms. The Balaban J connectivity index is 1.30. The van der Waals surface area contributed by atoms with Gasteiger partial charge in [0.2, 0.25) is 53.2 Å². The second-order valence-electron chi connectivity index (χ2n) is 28.4. The van der Waals surface area contributed by atoms with E-state index in [1.165, 1.54) is 87.9 Å². The van der Waals surface area contributed by atoms with Crippen LogP contribution in [-0.2, 0) is 89.9 Å². The normalized spacial score (nSPS) is 23.3. The first-order valence-electron chi connectivity index (χ1n) is 36.0. The number of amides is 9. The zero-order valence-electron chi connectivity index (χ0n) is 63.4. The van der Waals surface area contributed by atoms with E-state index in [9.17, 15) is 19.2 Å². The number of nitrogens with one attached hydrogen (secondary N) is 5. The molecule has 0 spiro atoms. The molecule has 0 radical (unpaired) electrons. The van der Waals surface area contributed by atoms with E-state index in [0.717, 1.165) is 11.1 Å². The van der Waals surface area contributed by atoms with Gasteiger partial charge in [0.05, 0.1) is 46.5 Å². The van der Waals surface area contributed by atoms with Gasteiger partial charge in [-0.3, -0.25) is 47.9 Å². The third kappa shape index (κ3) is 23.9. The van der Waals surface area contributed by atoms with Crippen molar-refractivity contribution in [2.24, 2.45) is 23.5 Å². The molecule has 0 aliphatic carbocycles. The quantitative estimate of drug-likeness (QED) is 0.0476. The molecule has 574 valence electrons. The number of carbonyl (C=O) groups excluding carboxylic acids is 10. The smallest absolute Gasteiger partial charge is 0.246 e. The van der Waals surface area contributed by atoms with Crippen LogP contribution in [0.25, 0.3) is 0 Å². The number of ketones is 1. The zero-order chi connectivity index (χ0) is 77.4. The number of fused-ring (bicyclic) bond motifs is 3. The molecule has 10 atom stereocenters. The Labute approximate surface area is 632 Å². The van der Waals surface area contributed by atoms with Crippen LogP contribution in [-0.4, -0.2) is 195 Å². The van der Waals surface area contributed by atoms with Crippen molar-refractivity contribution in [3.8, 4) is 23.0 Å². The number of thioether (sulfide) groups is 2. The zero-order valence-corrected chi connectivity index (χ0v) is 65.0. The molecule has 9 amide bonds. The summed E-state index contributed by atoms with van der Waals surface area (Å²) in [5.41, 5.74) is 8.93. The summed E-state index contributed by atoms with van der Waals surface area (Å²) in [6, 6.07) is 27.0. The van der Waals surface area contributed by atoms with Gasteiger partial charge in [0.1, 0.15) is 64.8 Å². The number of Topliss-reactive ketones (excluding diaryl/α,β-unsaturated/α-hetero) is 1. The number of likely N-dealkylation sites (N-methyl/N-ethyl adjacent to an activating group) is 2. The molecule has 2 aliphatic heterocycles. The van der Waals surface area contributed by atoms with Crippen LogP contribution in [0.15, 0.2) is 121 Å². The van der Waals surface area contributed by atoms with Crippen molar-refractivity contribution in [2.45, 2.75) is 171 Å². The fourth-order valence-corrected chi connectivity index (χ4v) is 15.1. The molecule has 0 aromatic heterocycles. The first kappa shape index (κ1) is 84.1. The lowest BCUT2D eigenvalue weighted by Crippen LogP contribution is -2.62. The molecular formula is C80H107N9O15S2. The highest BCUT2D eigenvalue weighted by Crippen LogP contribution is 2.32. The van der Waals surface area contributed by atoms with Crippen LogP contribution in [0.2, 0.25) is 0 Å². The molecule has 5 aromatic carbocycles. The Morgan fingerprint density at radius 2 is 0.991 bits per heavy atom. The summed E-state index contributed by atoms with van der Waals surface area (Å²) in [5.74, 6) is -4.28. The van der Waals surface area contributed by atoms with E-state index in [1.807, 2.05) is 52.0 Å². The number of hydrogen-bond donors (Lipinski definition) is 6. The van der Waals surface area contributed by atoms with Crippen LogP contribution in [0.4, 0.5) is 0 Å². The van der Waals surface area contributed by atoms with Crippen molar-refractivity contribution >= 4 is 82.5 Å². The lowest BCUT2D eigenvalue weighted by molar-refractivity contribution is -0.148. The van der Waals surface area contributed by atoms with Crippen LogP contribution >= 0.6 is 23.5 Å². The number of benzene rings is 5. The minimum Gasteiger partial charge on any atom is -0.497 e. The van der Waals surface area contributed by atoms with Crippen molar-refractivity contribution in [1.82, 2.24) is 41.3 Å². The fourth-order valence-electron chi connectivity index (χ4n) is 13.2. The lowest BCUT2D eigenvalue weighted by atomic mass is 9.88. The van der Waals surface area contributed by atoms with Crippen LogP contribution in [0.1, 0.15) is 113 Å². The van der Waals surface area contributed by atoms with Gasteiger partial charge in [-0.1, -0.05) is 100 Å². The van der Waals surface area contributed by atoms with Gasteiger partial charge in [-0.05, 0) is 133 Å². The van der Waals surface area contributed by atoms with E-state index < -0.39 is 125 Å². The third-order valence-corrected chi connectivity index (χ3v) is 21.8. The summed E-state index contributed by atoms with van der Waals surface area (Å²) in [5, 5.41) is 14.8. The predicted octanol–water partition coefficient (Wildman–Crippen LogP) is 7.21. The number of methoxy groups -OCH3 is 5. The summed E-state index contributed by atoms with van der Waals surface area (Å²) >= 11 is 2.90. The van der Waals surface area contributed by atoms with Gasteiger partial charge in [-0.15, -0.1) is 0 Å². The minimum atomic E-state index is -1.50. The summed E-state index contributed by atoms with van der Waals surface area (Å²) in [4.78, 5) is 154. The molecule has 1 fully saturated rings. The van der Waals surface area contributed by atoms with Crippen LogP contribution in [0.3, 0.4) is 0 Å². The largest absolute Gasteiger partial charge is 0.497 e. The molecule has 2 heterocycles.